The van der Waals surface area contributed by atoms with Gasteiger partial charge in [-0.05, 0) is 43.4 Å². The maximum atomic E-state index is 13.4. The number of rotatable bonds is 4. The Bertz CT molecular complexity index is 452. The van der Waals surface area contributed by atoms with E-state index in [1.54, 1.807) is 12.1 Å². The second-order valence-electron chi connectivity index (χ2n) is 5.36. The van der Waals surface area contributed by atoms with Crippen LogP contribution in [0.1, 0.15) is 25.7 Å². The molecule has 0 aromatic heterocycles. The van der Waals surface area contributed by atoms with Crippen LogP contribution in [0.15, 0.2) is 24.3 Å². The number of anilines is 1. The Balaban J connectivity index is 1.81. The number of halogens is 1. The fourth-order valence-corrected chi connectivity index (χ4v) is 2.82. The third-order valence-corrected chi connectivity index (χ3v) is 4.02. The Morgan fingerprint density at radius 1 is 1.25 bits per heavy atom. The molecule has 20 heavy (non-hydrogen) atoms. The minimum Gasteiger partial charge on any atom is -0.338 e. The van der Waals surface area contributed by atoms with Crippen LogP contribution >= 0.6 is 0 Å². The smallest absolute Gasteiger partial charge is 0.319 e. The normalized spacial score (nSPS) is 22.3. The molecule has 0 heterocycles. The van der Waals surface area contributed by atoms with Gasteiger partial charge in [0.1, 0.15) is 5.82 Å². The summed E-state index contributed by atoms with van der Waals surface area (Å²) in [7, 11) is 0. The maximum Gasteiger partial charge on any atom is 0.319 e. The van der Waals surface area contributed by atoms with Gasteiger partial charge >= 0.3 is 6.03 Å². The monoisotopic (exact) mass is 279 g/mol. The van der Waals surface area contributed by atoms with Crippen molar-refractivity contribution in [2.75, 3.05) is 18.4 Å². The van der Waals surface area contributed by atoms with E-state index in [1.165, 1.54) is 25.0 Å². The van der Waals surface area contributed by atoms with Crippen molar-refractivity contribution in [3.05, 3.63) is 30.1 Å². The molecule has 4 N–H and O–H groups in total. The van der Waals surface area contributed by atoms with Crippen LogP contribution in [0.3, 0.4) is 0 Å². The summed E-state index contributed by atoms with van der Waals surface area (Å²) in [4.78, 5) is 11.8. The van der Waals surface area contributed by atoms with Crippen molar-refractivity contribution in [2.24, 2.45) is 17.6 Å². The third-order valence-electron chi connectivity index (χ3n) is 4.02. The molecule has 1 saturated carbocycles. The standard InChI is InChI=1S/C15H22FN3O/c16-13-7-3-4-8-14(13)19-15(20)18-10-12-6-2-1-5-11(12)9-17/h3-4,7-8,11-12H,1-2,5-6,9-10,17H2,(H2,18,19,20). The van der Waals surface area contributed by atoms with Gasteiger partial charge in [0.2, 0.25) is 0 Å². The number of hydrogen-bond donors (Lipinski definition) is 3. The lowest BCUT2D eigenvalue weighted by Crippen LogP contribution is -2.38. The van der Waals surface area contributed by atoms with Gasteiger partial charge in [-0.3, -0.25) is 0 Å². The molecule has 1 fully saturated rings. The first-order valence-electron chi connectivity index (χ1n) is 7.20. The van der Waals surface area contributed by atoms with Crippen molar-refractivity contribution in [1.82, 2.24) is 5.32 Å². The van der Waals surface area contributed by atoms with Crippen LogP contribution < -0.4 is 16.4 Å². The Kier molecular flexibility index (Phi) is 5.35. The van der Waals surface area contributed by atoms with Crippen LogP contribution in [-0.4, -0.2) is 19.1 Å². The highest BCUT2D eigenvalue weighted by atomic mass is 19.1. The number of benzene rings is 1. The molecule has 2 amide bonds. The van der Waals surface area contributed by atoms with Gasteiger partial charge in [0, 0.05) is 6.54 Å². The molecule has 2 rings (SSSR count). The number of urea groups is 1. The van der Waals surface area contributed by atoms with Gasteiger partial charge in [-0.1, -0.05) is 25.0 Å². The molecule has 0 bridgehead atoms. The zero-order valence-electron chi connectivity index (χ0n) is 11.6. The molecule has 1 aromatic rings. The fourth-order valence-electron chi connectivity index (χ4n) is 2.82. The number of para-hydroxylation sites is 1. The van der Waals surface area contributed by atoms with Gasteiger partial charge in [0.05, 0.1) is 5.69 Å². The molecule has 0 radical (unpaired) electrons. The van der Waals surface area contributed by atoms with Crippen molar-refractivity contribution >= 4 is 11.7 Å². The molecule has 110 valence electrons. The first-order chi connectivity index (χ1) is 9.70. The molecule has 0 saturated heterocycles. The van der Waals surface area contributed by atoms with E-state index in [0.29, 0.717) is 24.9 Å². The van der Waals surface area contributed by atoms with Gasteiger partial charge in [0.15, 0.2) is 0 Å². The van der Waals surface area contributed by atoms with E-state index in [4.69, 9.17) is 5.73 Å². The van der Waals surface area contributed by atoms with E-state index in [2.05, 4.69) is 10.6 Å². The van der Waals surface area contributed by atoms with Crippen molar-refractivity contribution in [1.29, 1.82) is 0 Å². The van der Waals surface area contributed by atoms with Gasteiger partial charge < -0.3 is 16.4 Å². The molecule has 1 aliphatic carbocycles. The Morgan fingerprint density at radius 2 is 1.95 bits per heavy atom. The van der Waals surface area contributed by atoms with Crippen LogP contribution in [-0.2, 0) is 0 Å². The summed E-state index contributed by atoms with van der Waals surface area (Å²) < 4.78 is 13.4. The molecule has 2 atom stereocenters. The summed E-state index contributed by atoms with van der Waals surface area (Å²) in [6, 6.07) is 5.77. The van der Waals surface area contributed by atoms with Gasteiger partial charge in [-0.2, -0.15) is 0 Å². The topological polar surface area (TPSA) is 67.1 Å². The van der Waals surface area contributed by atoms with E-state index < -0.39 is 5.82 Å². The Hall–Kier alpha value is -1.62. The molecule has 1 aromatic carbocycles. The highest BCUT2D eigenvalue weighted by Crippen LogP contribution is 2.28. The Morgan fingerprint density at radius 3 is 2.65 bits per heavy atom. The number of nitrogens with two attached hydrogens (primary N) is 1. The fraction of sp³-hybridized carbons (Fsp3) is 0.533. The quantitative estimate of drug-likeness (QED) is 0.793. The lowest BCUT2D eigenvalue weighted by Gasteiger charge is -2.30. The summed E-state index contributed by atoms with van der Waals surface area (Å²) >= 11 is 0. The van der Waals surface area contributed by atoms with Gasteiger partial charge in [-0.25, -0.2) is 9.18 Å². The predicted molar refractivity (Wildman–Crippen MR) is 77.9 cm³/mol. The highest BCUT2D eigenvalue weighted by molar-refractivity contribution is 5.89. The van der Waals surface area contributed by atoms with E-state index >= 15 is 0 Å². The second kappa shape index (κ2) is 7.24. The molecule has 0 spiro atoms. The Labute approximate surface area is 118 Å². The van der Waals surface area contributed by atoms with Crippen molar-refractivity contribution < 1.29 is 9.18 Å². The maximum absolute atomic E-state index is 13.4. The SMILES string of the molecule is NCC1CCCCC1CNC(=O)Nc1ccccc1F. The summed E-state index contributed by atoms with van der Waals surface area (Å²) in [5.74, 6) is 0.484. The molecule has 5 heteroatoms. The van der Waals surface area contributed by atoms with Crippen LogP contribution in [0.4, 0.5) is 14.9 Å². The van der Waals surface area contributed by atoms with Gasteiger partial charge in [0.25, 0.3) is 0 Å². The van der Waals surface area contributed by atoms with Crippen molar-refractivity contribution in [3.8, 4) is 0 Å². The van der Waals surface area contributed by atoms with E-state index in [0.717, 1.165) is 12.8 Å². The lowest BCUT2D eigenvalue weighted by molar-refractivity contribution is 0.225. The van der Waals surface area contributed by atoms with E-state index in [1.807, 2.05) is 0 Å². The number of nitrogens with one attached hydrogen (secondary N) is 2. The molecule has 4 nitrogen and oxygen atoms in total. The lowest BCUT2D eigenvalue weighted by atomic mass is 9.79. The van der Waals surface area contributed by atoms with Crippen LogP contribution in [0, 0.1) is 17.7 Å². The molecule has 2 unspecified atom stereocenters. The zero-order chi connectivity index (χ0) is 14.4. The van der Waals surface area contributed by atoms with Crippen molar-refractivity contribution in [3.63, 3.8) is 0 Å². The van der Waals surface area contributed by atoms with Crippen LogP contribution in [0.25, 0.3) is 0 Å². The van der Waals surface area contributed by atoms with E-state index in [9.17, 15) is 9.18 Å². The predicted octanol–water partition coefficient (Wildman–Crippen LogP) is 2.71. The molecular formula is C15H22FN3O. The summed E-state index contributed by atoms with van der Waals surface area (Å²) in [5, 5.41) is 5.35. The first kappa shape index (κ1) is 14.8. The number of carbonyl (C=O) groups is 1. The van der Waals surface area contributed by atoms with Crippen molar-refractivity contribution in [2.45, 2.75) is 25.7 Å². The van der Waals surface area contributed by atoms with E-state index in [-0.39, 0.29) is 11.7 Å². The third kappa shape index (κ3) is 3.93. The highest BCUT2D eigenvalue weighted by Gasteiger charge is 2.24. The first-order valence-corrected chi connectivity index (χ1v) is 7.20. The minimum atomic E-state index is -0.430. The number of amides is 2. The number of hydrogen-bond acceptors (Lipinski definition) is 2. The average Bonchev–Trinajstić information content (AvgIpc) is 2.48. The average molecular weight is 279 g/mol. The summed E-state index contributed by atoms with van der Waals surface area (Å²) in [6.07, 6.45) is 4.65. The molecule has 0 aliphatic heterocycles. The van der Waals surface area contributed by atoms with Crippen LogP contribution in [0.5, 0.6) is 0 Å². The number of carbonyl (C=O) groups excluding carboxylic acids is 1. The van der Waals surface area contributed by atoms with Gasteiger partial charge in [-0.15, -0.1) is 0 Å². The molecular weight excluding hydrogens is 257 g/mol. The zero-order valence-corrected chi connectivity index (χ0v) is 11.6. The largest absolute Gasteiger partial charge is 0.338 e. The molecule has 1 aliphatic rings. The summed E-state index contributed by atoms with van der Waals surface area (Å²) in [5.41, 5.74) is 5.96. The summed E-state index contributed by atoms with van der Waals surface area (Å²) in [6.45, 7) is 1.27. The minimum absolute atomic E-state index is 0.198. The second-order valence-corrected chi connectivity index (χ2v) is 5.36. The van der Waals surface area contributed by atoms with Crippen LogP contribution in [0.2, 0.25) is 0 Å².